The second-order valence-electron chi connectivity index (χ2n) is 7.60. The van der Waals surface area contributed by atoms with Crippen LogP contribution in [-0.2, 0) is 6.54 Å². The van der Waals surface area contributed by atoms with E-state index in [4.69, 9.17) is 11.6 Å². The lowest BCUT2D eigenvalue weighted by Crippen LogP contribution is -2.21. The molecule has 0 spiro atoms. The predicted octanol–water partition coefficient (Wildman–Crippen LogP) is 4.44. The monoisotopic (exact) mass is 503 g/mol. The number of aromatic nitrogens is 4. The van der Waals surface area contributed by atoms with Crippen LogP contribution >= 0.6 is 22.9 Å². The van der Waals surface area contributed by atoms with Crippen LogP contribution in [0.2, 0.25) is 4.34 Å². The summed E-state index contributed by atoms with van der Waals surface area (Å²) in [6.45, 7) is 0.188. The molecule has 0 aliphatic rings. The summed E-state index contributed by atoms with van der Waals surface area (Å²) in [5.74, 6) is -0.124. The molecule has 5 aromatic rings. The number of nitrogens with one attached hydrogen (secondary N) is 1. The van der Waals surface area contributed by atoms with E-state index in [1.165, 1.54) is 22.0 Å². The smallest absolute Gasteiger partial charge is 0.261 e. The van der Waals surface area contributed by atoms with E-state index < -0.39 is 0 Å². The van der Waals surface area contributed by atoms with Crippen LogP contribution in [0, 0.1) is 0 Å². The van der Waals surface area contributed by atoms with Crippen LogP contribution in [0.4, 0.5) is 0 Å². The molecule has 8 nitrogen and oxygen atoms in total. The molecule has 2 N–H and O–H groups in total. The van der Waals surface area contributed by atoms with E-state index in [1.54, 1.807) is 59.5 Å². The van der Waals surface area contributed by atoms with Crippen molar-refractivity contribution in [2.24, 2.45) is 0 Å². The molecule has 0 atom stereocenters. The molecule has 35 heavy (non-hydrogen) atoms. The summed E-state index contributed by atoms with van der Waals surface area (Å²) in [6.07, 6.45) is 3.41. The van der Waals surface area contributed by atoms with E-state index in [9.17, 15) is 14.7 Å². The fraction of sp³-hybridized carbons (Fsp3) is 0.0400. The number of phenolic OH excluding ortho intramolecular Hbond substituents is 1. The Kier molecular flexibility index (Phi) is 6.17. The third-order valence-electron chi connectivity index (χ3n) is 5.25. The van der Waals surface area contributed by atoms with Crippen molar-refractivity contribution in [2.45, 2.75) is 6.54 Å². The highest BCUT2D eigenvalue weighted by Crippen LogP contribution is 2.31. The first kappa shape index (κ1) is 22.6. The molecule has 3 heterocycles. The van der Waals surface area contributed by atoms with Crippen LogP contribution in [0.15, 0.2) is 90.0 Å². The summed E-state index contributed by atoms with van der Waals surface area (Å²) in [4.78, 5) is 25.2. The lowest BCUT2D eigenvalue weighted by molar-refractivity contribution is 0.0954. The second kappa shape index (κ2) is 9.57. The molecule has 174 valence electrons. The predicted molar refractivity (Wildman–Crippen MR) is 135 cm³/mol. The first-order chi connectivity index (χ1) is 17.0. The molecular weight excluding hydrogens is 486 g/mol. The van der Waals surface area contributed by atoms with Gasteiger partial charge >= 0.3 is 0 Å². The zero-order valence-corrected chi connectivity index (χ0v) is 19.7. The number of pyridine rings is 1. The van der Waals surface area contributed by atoms with Crippen LogP contribution in [0.1, 0.15) is 15.4 Å². The molecule has 10 heteroatoms. The average Bonchev–Trinajstić information content (AvgIpc) is 3.52. The van der Waals surface area contributed by atoms with Crippen LogP contribution in [0.3, 0.4) is 0 Å². The van der Waals surface area contributed by atoms with Gasteiger partial charge in [0.15, 0.2) is 0 Å². The maximum atomic E-state index is 12.4. The molecule has 0 unspecified atom stereocenters. The minimum Gasteiger partial charge on any atom is -0.508 e. The highest BCUT2D eigenvalue weighted by molar-refractivity contribution is 7.17. The van der Waals surface area contributed by atoms with Crippen molar-refractivity contribution in [2.75, 3.05) is 0 Å². The molecule has 0 saturated heterocycles. The van der Waals surface area contributed by atoms with Gasteiger partial charge in [0, 0.05) is 23.5 Å². The Bertz CT molecular complexity index is 1590. The molecular formula is C25H18ClN5O3S. The summed E-state index contributed by atoms with van der Waals surface area (Å²) >= 11 is 7.11. The van der Waals surface area contributed by atoms with E-state index >= 15 is 0 Å². The number of phenols is 1. The van der Waals surface area contributed by atoms with E-state index in [0.717, 1.165) is 11.1 Å². The first-order valence-corrected chi connectivity index (χ1v) is 11.7. The van der Waals surface area contributed by atoms with Gasteiger partial charge in [-0.1, -0.05) is 35.0 Å². The van der Waals surface area contributed by atoms with Gasteiger partial charge in [0.1, 0.15) is 11.4 Å². The van der Waals surface area contributed by atoms with Crippen LogP contribution < -0.4 is 10.9 Å². The minimum atomic E-state index is -0.241. The number of amides is 1. The molecule has 3 aromatic heterocycles. The Morgan fingerprint density at radius 1 is 1.06 bits per heavy atom. The maximum Gasteiger partial charge on any atom is 0.261 e. The highest BCUT2D eigenvalue weighted by atomic mass is 35.5. The molecule has 0 bridgehead atoms. The van der Waals surface area contributed by atoms with Crippen molar-refractivity contribution in [1.29, 1.82) is 0 Å². The van der Waals surface area contributed by atoms with E-state index in [0.29, 0.717) is 26.3 Å². The molecule has 0 saturated carbocycles. The molecule has 0 fully saturated rings. The summed E-state index contributed by atoms with van der Waals surface area (Å²) in [5.41, 5.74) is 3.24. The number of hydrogen-bond acceptors (Lipinski definition) is 6. The van der Waals surface area contributed by atoms with E-state index in [1.807, 2.05) is 24.3 Å². The standard InChI is InChI=1S/C25H18ClN5O3S/c26-23-10-9-22(35-23)25(34)27-14-17-15-31(29-28-17)21-8-7-18(30-11-2-1-6-24(30)33)13-20(21)16-4-3-5-19(32)12-16/h1-13,15,32H,14H2,(H,27,34). The van der Waals surface area contributed by atoms with Crippen molar-refractivity contribution >= 4 is 28.8 Å². The first-order valence-electron chi connectivity index (χ1n) is 10.5. The normalized spacial score (nSPS) is 10.9. The summed E-state index contributed by atoms with van der Waals surface area (Å²) in [7, 11) is 0. The van der Waals surface area contributed by atoms with Crippen molar-refractivity contribution in [3.8, 4) is 28.3 Å². The van der Waals surface area contributed by atoms with Gasteiger partial charge in [-0.25, -0.2) is 4.68 Å². The number of halogens is 1. The zero-order valence-electron chi connectivity index (χ0n) is 18.1. The Hall–Kier alpha value is -4.21. The highest BCUT2D eigenvalue weighted by Gasteiger charge is 2.14. The number of rotatable bonds is 6. The third kappa shape index (κ3) is 4.86. The fourth-order valence-electron chi connectivity index (χ4n) is 3.61. The Labute approximate surface area is 208 Å². The number of carbonyl (C=O) groups excluding carboxylic acids is 1. The van der Waals surface area contributed by atoms with Gasteiger partial charge in [0.05, 0.1) is 27.6 Å². The minimum absolute atomic E-state index is 0.117. The maximum absolute atomic E-state index is 12.4. The number of benzene rings is 2. The molecule has 2 aromatic carbocycles. The average molecular weight is 504 g/mol. The van der Waals surface area contributed by atoms with Gasteiger partial charge in [-0.15, -0.1) is 16.4 Å². The third-order valence-corrected chi connectivity index (χ3v) is 6.48. The Morgan fingerprint density at radius 2 is 1.94 bits per heavy atom. The summed E-state index contributed by atoms with van der Waals surface area (Å²) in [6, 6.07) is 20.6. The fourth-order valence-corrected chi connectivity index (χ4v) is 4.57. The zero-order chi connectivity index (χ0) is 24.4. The molecule has 5 rings (SSSR count). The Morgan fingerprint density at radius 3 is 2.71 bits per heavy atom. The Balaban J connectivity index is 1.48. The quantitative estimate of drug-likeness (QED) is 0.357. The molecule has 1 amide bonds. The van der Waals surface area contributed by atoms with Crippen molar-refractivity contribution in [3.05, 3.63) is 110 Å². The van der Waals surface area contributed by atoms with E-state index in [-0.39, 0.29) is 23.8 Å². The molecule has 0 aliphatic carbocycles. The lowest BCUT2D eigenvalue weighted by Gasteiger charge is -2.13. The van der Waals surface area contributed by atoms with Crippen LogP contribution in [0.5, 0.6) is 5.75 Å². The van der Waals surface area contributed by atoms with Gasteiger partial charge in [-0.05, 0) is 54.1 Å². The van der Waals surface area contributed by atoms with Crippen molar-refractivity contribution in [1.82, 2.24) is 24.9 Å². The number of nitrogens with zero attached hydrogens (tertiary/aromatic N) is 4. The van der Waals surface area contributed by atoms with Crippen LogP contribution in [0.25, 0.3) is 22.5 Å². The largest absolute Gasteiger partial charge is 0.508 e. The topological polar surface area (TPSA) is 102 Å². The molecule has 0 aliphatic heterocycles. The second-order valence-corrected chi connectivity index (χ2v) is 9.32. The SMILES string of the molecule is O=C(NCc1cn(-c2ccc(-n3ccccc3=O)cc2-c2cccc(O)c2)nn1)c1ccc(Cl)s1. The number of carbonyl (C=O) groups is 1. The van der Waals surface area contributed by atoms with Gasteiger partial charge in [0.2, 0.25) is 0 Å². The number of thiophene rings is 1. The lowest BCUT2D eigenvalue weighted by atomic mass is 10.0. The summed E-state index contributed by atoms with van der Waals surface area (Å²) in [5, 5.41) is 21.3. The number of aromatic hydroxyl groups is 1. The van der Waals surface area contributed by atoms with Gasteiger partial charge in [-0.2, -0.15) is 0 Å². The van der Waals surface area contributed by atoms with Gasteiger partial charge in [0.25, 0.3) is 11.5 Å². The summed E-state index contributed by atoms with van der Waals surface area (Å²) < 4.78 is 3.68. The van der Waals surface area contributed by atoms with Crippen LogP contribution in [-0.4, -0.2) is 30.6 Å². The van der Waals surface area contributed by atoms with Gasteiger partial charge < -0.3 is 10.4 Å². The number of hydrogen-bond donors (Lipinski definition) is 2. The van der Waals surface area contributed by atoms with Gasteiger partial charge in [-0.3, -0.25) is 14.2 Å². The molecule has 0 radical (unpaired) electrons. The van der Waals surface area contributed by atoms with Crippen molar-refractivity contribution in [3.63, 3.8) is 0 Å². The van der Waals surface area contributed by atoms with Crippen molar-refractivity contribution < 1.29 is 9.90 Å². The van der Waals surface area contributed by atoms with E-state index in [2.05, 4.69) is 15.6 Å².